The van der Waals surface area contributed by atoms with Crippen LogP contribution in [-0.4, -0.2) is 50.5 Å². The zero-order valence-electron chi connectivity index (χ0n) is 16.2. The Labute approximate surface area is 156 Å². The van der Waals surface area contributed by atoms with Gasteiger partial charge in [-0.15, -0.1) is 0 Å². The van der Waals surface area contributed by atoms with Gasteiger partial charge >= 0.3 is 0 Å². The number of amides is 1. The molecule has 0 spiro atoms. The molecule has 7 heteroatoms. The predicted octanol–water partition coefficient (Wildman–Crippen LogP) is 2.52. The molecule has 26 heavy (non-hydrogen) atoms. The summed E-state index contributed by atoms with van der Waals surface area (Å²) in [5.74, 6) is 0.0800. The molecular formula is C19H28N2O4S. The topological polar surface area (TPSA) is 66.9 Å². The van der Waals surface area contributed by atoms with Crippen molar-refractivity contribution in [3.8, 4) is 0 Å². The van der Waals surface area contributed by atoms with Crippen LogP contribution in [0, 0.1) is 0 Å². The van der Waals surface area contributed by atoms with Crippen molar-refractivity contribution in [2.24, 2.45) is 0 Å². The van der Waals surface area contributed by atoms with Crippen LogP contribution in [0.15, 0.2) is 23.1 Å². The van der Waals surface area contributed by atoms with Gasteiger partial charge in [-0.1, -0.05) is 13.8 Å². The Morgan fingerprint density at radius 3 is 2.38 bits per heavy atom. The van der Waals surface area contributed by atoms with E-state index < -0.39 is 15.4 Å². The fraction of sp³-hybridized carbons (Fsp3) is 0.632. The number of benzene rings is 1. The summed E-state index contributed by atoms with van der Waals surface area (Å²) >= 11 is 0. The molecule has 0 saturated carbocycles. The molecule has 1 fully saturated rings. The normalized spacial score (nSPS) is 26.7. The molecule has 144 valence electrons. The van der Waals surface area contributed by atoms with Gasteiger partial charge in [-0.3, -0.25) is 4.79 Å². The van der Waals surface area contributed by atoms with Gasteiger partial charge in [-0.25, -0.2) is 8.42 Å². The smallest absolute Gasteiger partial charge is 0.243 e. The number of carbonyl (C=O) groups excluding carboxylic acids is 1. The Morgan fingerprint density at radius 2 is 1.81 bits per heavy atom. The Kier molecular flexibility index (Phi) is 4.92. The molecule has 0 N–H and O–H groups in total. The number of ether oxygens (including phenoxy) is 1. The van der Waals surface area contributed by atoms with Crippen molar-refractivity contribution < 1.29 is 17.9 Å². The molecule has 2 heterocycles. The van der Waals surface area contributed by atoms with E-state index in [1.165, 1.54) is 4.31 Å². The van der Waals surface area contributed by atoms with E-state index in [-0.39, 0.29) is 23.0 Å². The molecule has 2 aliphatic heterocycles. The van der Waals surface area contributed by atoms with E-state index in [1.54, 1.807) is 23.1 Å². The quantitative estimate of drug-likeness (QED) is 0.808. The van der Waals surface area contributed by atoms with Crippen LogP contribution in [0.2, 0.25) is 0 Å². The van der Waals surface area contributed by atoms with Crippen molar-refractivity contribution in [1.29, 1.82) is 0 Å². The lowest BCUT2D eigenvalue weighted by atomic mass is 9.77. The Hall–Kier alpha value is -1.44. The molecule has 1 aromatic rings. The highest BCUT2D eigenvalue weighted by Gasteiger charge is 2.38. The SMILES string of the molecule is CCN1C(=O)CC(C)(C)c2cc(S(=O)(=O)N3CC(C)OC(C)C3)ccc21. The van der Waals surface area contributed by atoms with Gasteiger partial charge in [0, 0.05) is 37.2 Å². The third-order valence-electron chi connectivity index (χ3n) is 5.22. The van der Waals surface area contributed by atoms with Crippen LogP contribution in [0.4, 0.5) is 5.69 Å². The summed E-state index contributed by atoms with van der Waals surface area (Å²) in [5.41, 5.74) is 1.33. The molecule has 0 aliphatic carbocycles. The van der Waals surface area contributed by atoms with Crippen molar-refractivity contribution >= 4 is 21.6 Å². The molecule has 2 aliphatic rings. The second-order valence-corrected chi connectivity index (χ2v) is 9.89. The van der Waals surface area contributed by atoms with E-state index >= 15 is 0 Å². The molecular weight excluding hydrogens is 352 g/mol. The number of rotatable bonds is 3. The zero-order chi connectivity index (χ0) is 19.3. The van der Waals surface area contributed by atoms with Crippen molar-refractivity contribution in [1.82, 2.24) is 4.31 Å². The Bertz CT molecular complexity index is 809. The zero-order valence-corrected chi connectivity index (χ0v) is 17.0. The molecule has 3 rings (SSSR count). The Morgan fingerprint density at radius 1 is 1.19 bits per heavy atom. The summed E-state index contributed by atoms with van der Waals surface area (Å²) in [6, 6.07) is 5.15. The summed E-state index contributed by atoms with van der Waals surface area (Å²) in [6.45, 7) is 11.0. The van der Waals surface area contributed by atoms with Crippen molar-refractivity contribution in [2.45, 2.75) is 63.6 Å². The molecule has 1 aromatic carbocycles. The molecule has 1 amide bonds. The van der Waals surface area contributed by atoms with E-state index in [0.29, 0.717) is 26.1 Å². The lowest BCUT2D eigenvalue weighted by Crippen LogP contribution is -2.48. The summed E-state index contributed by atoms with van der Waals surface area (Å²) in [5, 5.41) is 0. The molecule has 1 saturated heterocycles. The Balaban J connectivity index is 2.04. The standard InChI is InChI=1S/C19H28N2O4S/c1-6-21-17-8-7-15(9-16(17)19(4,5)10-18(21)22)26(23,24)20-11-13(2)25-14(3)12-20/h7-9,13-14H,6,10-12H2,1-5H3. The molecule has 0 radical (unpaired) electrons. The van der Waals surface area contributed by atoms with Gasteiger partial charge in [0.1, 0.15) is 0 Å². The van der Waals surface area contributed by atoms with E-state index in [2.05, 4.69) is 0 Å². The fourth-order valence-corrected chi connectivity index (χ4v) is 5.60. The minimum absolute atomic E-state index is 0.0800. The first-order valence-corrected chi connectivity index (χ1v) is 10.6. The summed E-state index contributed by atoms with van der Waals surface area (Å²) in [7, 11) is -3.60. The number of anilines is 1. The van der Waals surface area contributed by atoms with Crippen molar-refractivity contribution in [3.05, 3.63) is 23.8 Å². The minimum atomic E-state index is -3.60. The fourth-order valence-electron chi connectivity index (χ4n) is 3.98. The van der Waals surface area contributed by atoms with E-state index in [0.717, 1.165) is 11.3 Å². The first kappa shape index (κ1) is 19.3. The van der Waals surface area contributed by atoms with Gasteiger partial charge in [0.25, 0.3) is 0 Å². The highest BCUT2D eigenvalue weighted by Crippen LogP contribution is 2.41. The van der Waals surface area contributed by atoms with Crippen molar-refractivity contribution in [2.75, 3.05) is 24.5 Å². The third kappa shape index (κ3) is 3.28. The predicted molar refractivity (Wildman–Crippen MR) is 101 cm³/mol. The number of sulfonamides is 1. The molecule has 0 bridgehead atoms. The number of hydrogen-bond acceptors (Lipinski definition) is 4. The summed E-state index contributed by atoms with van der Waals surface area (Å²) in [4.78, 5) is 14.4. The number of nitrogens with zero attached hydrogens (tertiary/aromatic N) is 2. The highest BCUT2D eigenvalue weighted by molar-refractivity contribution is 7.89. The van der Waals surface area contributed by atoms with Crippen molar-refractivity contribution in [3.63, 3.8) is 0 Å². The van der Waals surface area contributed by atoms with Crippen LogP contribution in [0.5, 0.6) is 0 Å². The number of carbonyl (C=O) groups is 1. The van der Waals surface area contributed by atoms with Gasteiger partial charge in [0.05, 0.1) is 17.1 Å². The van der Waals surface area contributed by atoms with Gasteiger partial charge in [0.15, 0.2) is 0 Å². The number of morpholine rings is 1. The van der Waals surface area contributed by atoms with Crippen LogP contribution in [-0.2, 0) is 25.0 Å². The molecule has 0 aromatic heterocycles. The van der Waals surface area contributed by atoms with Gasteiger partial charge < -0.3 is 9.64 Å². The van der Waals surface area contributed by atoms with Gasteiger partial charge in [0.2, 0.25) is 15.9 Å². The average Bonchev–Trinajstić information content (AvgIpc) is 2.53. The maximum Gasteiger partial charge on any atom is 0.243 e. The maximum absolute atomic E-state index is 13.2. The summed E-state index contributed by atoms with van der Waals surface area (Å²) < 4.78 is 33.5. The largest absolute Gasteiger partial charge is 0.373 e. The van der Waals surface area contributed by atoms with E-state index in [1.807, 2.05) is 34.6 Å². The average molecular weight is 381 g/mol. The van der Waals surface area contributed by atoms with E-state index in [4.69, 9.17) is 4.74 Å². The van der Waals surface area contributed by atoms with Crippen LogP contribution in [0.25, 0.3) is 0 Å². The molecule has 2 unspecified atom stereocenters. The third-order valence-corrected chi connectivity index (χ3v) is 7.05. The monoisotopic (exact) mass is 380 g/mol. The lowest BCUT2D eigenvalue weighted by molar-refractivity contribution is -0.120. The van der Waals surface area contributed by atoms with Crippen LogP contribution < -0.4 is 4.90 Å². The lowest BCUT2D eigenvalue weighted by Gasteiger charge is -2.39. The van der Waals surface area contributed by atoms with Crippen LogP contribution >= 0.6 is 0 Å². The maximum atomic E-state index is 13.2. The van der Waals surface area contributed by atoms with Crippen LogP contribution in [0.3, 0.4) is 0 Å². The minimum Gasteiger partial charge on any atom is -0.373 e. The number of fused-ring (bicyclic) bond motifs is 1. The van der Waals surface area contributed by atoms with Crippen LogP contribution in [0.1, 0.15) is 46.6 Å². The molecule has 6 nitrogen and oxygen atoms in total. The van der Waals surface area contributed by atoms with Gasteiger partial charge in [-0.05, 0) is 44.5 Å². The van der Waals surface area contributed by atoms with E-state index in [9.17, 15) is 13.2 Å². The first-order valence-electron chi connectivity index (χ1n) is 9.16. The second-order valence-electron chi connectivity index (χ2n) is 7.96. The molecule has 2 atom stereocenters. The first-order chi connectivity index (χ1) is 12.1. The summed E-state index contributed by atoms with van der Waals surface area (Å²) in [6.07, 6.45) is 0.120. The number of hydrogen-bond donors (Lipinski definition) is 0. The second kappa shape index (κ2) is 6.62. The van der Waals surface area contributed by atoms with Gasteiger partial charge in [-0.2, -0.15) is 4.31 Å². The highest BCUT2D eigenvalue weighted by atomic mass is 32.2.